The molecule has 0 saturated carbocycles. The summed E-state index contributed by atoms with van der Waals surface area (Å²) in [4.78, 5) is 0. The van der Waals surface area contributed by atoms with E-state index in [-0.39, 0.29) is 0 Å². The van der Waals surface area contributed by atoms with Crippen molar-refractivity contribution >= 4 is 11.9 Å². The van der Waals surface area contributed by atoms with Crippen LogP contribution in [0.1, 0.15) is 11.3 Å². The SMILES string of the molecule is FC(F)(F)Cn1ccc(Sn2cc3c(n2)CNC3)n1. The molecule has 0 unspecified atom stereocenters. The molecule has 0 aromatic carbocycles. The Bertz CT molecular complexity index is 567. The van der Waals surface area contributed by atoms with Gasteiger partial charge in [0.2, 0.25) is 0 Å². The fraction of sp³-hybridized carbons (Fsp3) is 0.400. The van der Waals surface area contributed by atoms with Crippen LogP contribution >= 0.6 is 11.9 Å². The third-order valence-electron chi connectivity index (χ3n) is 2.61. The Hall–Kier alpha value is -1.48. The van der Waals surface area contributed by atoms with E-state index in [0.29, 0.717) is 5.03 Å². The number of fused-ring (bicyclic) bond motifs is 1. The van der Waals surface area contributed by atoms with Crippen LogP contribution in [-0.2, 0) is 19.6 Å². The first-order valence-corrected chi connectivity index (χ1v) is 6.34. The molecule has 1 aliphatic rings. The Balaban J connectivity index is 1.69. The first-order valence-electron chi connectivity index (χ1n) is 5.56. The van der Waals surface area contributed by atoms with Gasteiger partial charge < -0.3 is 5.32 Å². The van der Waals surface area contributed by atoms with Crippen molar-refractivity contribution in [1.82, 2.24) is 24.3 Å². The summed E-state index contributed by atoms with van der Waals surface area (Å²) in [6.07, 6.45) is -1.08. The second-order valence-electron chi connectivity index (χ2n) is 4.17. The molecule has 3 heterocycles. The Morgan fingerprint density at radius 3 is 2.89 bits per heavy atom. The highest BCUT2D eigenvalue weighted by Crippen LogP contribution is 2.23. The normalized spacial score (nSPS) is 14.9. The van der Waals surface area contributed by atoms with Gasteiger partial charge in [-0.25, -0.2) is 4.09 Å². The quantitative estimate of drug-likeness (QED) is 0.936. The number of aromatic nitrogens is 4. The van der Waals surface area contributed by atoms with Crippen LogP contribution in [0.2, 0.25) is 0 Å². The van der Waals surface area contributed by atoms with Crippen LogP contribution in [-0.4, -0.2) is 25.1 Å². The molecule has 0 aliphatic carbocycles. The highest BCUT2D eigenvalue weighted by atomic mass is 32.2. The molecule has 3 rings (SSSR count). The largest absolute Gasteiger partial charge is 0.408 e. The number of nitrogens with zero attached hydrogens (tertiary/aromatic N) is 4. The predicted octanol–water partition coefficient (Wildman–Crippen LogP) is 1.80. The molecule has 5 nitrogen and oxygen atoms in total. The van der Waals surface area contributed by atoms with Crippen LogP contribution < -0.4 is 5.32 Å². The minimum atomic E-state index is -4.26. The number of hydrogen-bond donors (Lipinski definition) is 1. The number of hydrogen-bond acceptors (Lipinski definition) is 4. The summed E-state index contributed by atoms with van der Waals surface area (Å²) in [6.45, 7) is 0.427. The molecule has 0 radical (unpaired) electrons. The van der Waals surface area contributed by atoms with Crippen molar-refractivity contribution in [3.05, 3.63) is 29.7 Å². The number of alkyl halides is 3. The van der Waals surface area contributed by atoms with Gasteiger partial charge in [0.1, 0.15) is 11.6 Å². The molecule has 2 aromatic heterocycles. The summed E-state index contributed by atoms with van der Waals surface area (Å²) in [6, 6.07) is 1.54. The number of rotatable bonds is 3. The zero-order valence-electron chi connectivity index (χ0n) is 9.68. The number of halogens is 3. The molecular weight excluding hydrogens is 279 g/mol. The number of nitrogens with one attached hydrogen (secondary N) is 1. The molecule has 102 valence electrons. The van der Waals surface area contributed by atoms with Gasteiger partial charge in [-0.05, 0) is 6.07 Å². The molecule has 0 bridgehead atoms. The predicted molar refractivity (Wildman–Crippen MR) is 62.3 cm³/mol. The maximum atomic E-state index is 12.2. The van der Waals surface area contributed by atoms with Crippen LogP contribution in [0.4, 0.5) is 13.2 Å². The molecule has 1 aliphatic heterocycles. The van der Waals surface area contributed by atoms with Gasteiger partial charge in [-0.1, -0.05) is 0 Å². The maximum Gasteiger partial charge on any atom is 0.408 e. The zero-order valence-corrected chi connectivity index (χ0v) is 10.5. The smallest absolute Gasteiger partial charge is 0.307 e. The van der Waals surface area contributed by atoms with Crippen molar-refractivity contribution in [3.63, 3.8) is 0 Å². The molecular formula is C10H10F3N5S. The van der Waals surface area contributed by atoms with Crippen molar-refractivity contribution in [3.8, 4) is 0 Å². The lowest BCUT2D eigenvalue weighted by Crippen LogP contribution is -2.17. The summed E-state index contributed by atoms with van der Waals surface area (Å²) in [5.41, 5.74) is 2.09. The Morgan fingerprint density at radius 1 is 1.32 bits per heavy atom. The molecule has 0 saturated heterocycles. The molecule has 9 heteroatoms. The summed E-state index contributed by atoms with van der Waals surface area (Å²) in [5, 5.41) is 11.8. The van der Waals surface area contributed by atoms with Gasteiger partial charge in [0.25, 0.3) is 0 Å². The standard InChI is InChI=1S/C10H10F3N5S/c11-10(12,13)6-17-2-1-9(16-17)19-18-5-7-3-14-4-8(7)15-18/h1-2,5,14H,3-4,6H2. The van der Waals surface area contributed by atoms with Crippen LogP contribution in [0.3, 0.4) is 0 Å². The van der Waals surface area contributed by atoms with E-state index in [1.807, 2.05) is 6.20 Å². The van der Waals surface area contributed by atoms with E-state index in [0.717, 1.165) is 29.0 Å². The van der Waals surface area contributed by atoms with Crippen LogP contribution in [0, 0.1) is 0 Å². The molecule has 0 spiro atoms. The first kappa shape index (κ1) is 12.5. The van der Waals surface area contributed by atoms with Crippen molar-refractivity contribution in [2.75, 3.05) is 0 Å². The van der Waals surface area contributed by atoms with Crippen LogP contribution in [0.15, 0.2) is 23.5 Å². The zero-order chi connectivity index (χ0) is 13.5. The maximum absolute atomic E-state index is 12.2. The van der Waals surface area contributed by atoms with E-state index >= 15 is 0 Å². The second-order valence-corrected chi connectivity index (χ2v) is 5.14. The third kappa shape index (κ3) is 2.92. The van der Waals surface area contributed by atoms with Crippen molar-refractivity contribution in [1.29, 1.82) is 0 Å². The lowest BCUT2D eigenvalue weighted by atomic mass is 10.3. The van der Waals surface area contributed by atoms with Crippen LogP contribution in [0.5, 0.6) is 0 Å². The molecule has 0 atom stereocenters. The van der Waals surface area contributed by atoms with Gasteiger partial charge in [-0.15, -0.1) is 0 Å². The summed E-state index contributed by atoms with van der Waals surface area (Å²) >= 11 is 1.20. The van der Waals surface area contributed by atoms with Gasteiger partial charge in [-0.2, -0.15) is 23.4 Å². The fourth-order valence-corrected chi connectivity index (χ4v) is 2.61. The second kappa shape index (κ2) is 4.57. The lowest BCUT2D eigenvalue weighted by molar-refractivity contribution is -0.142. The highest BCUT2D eigenvalue weighted by molar-refractivity contribution is 7.97. The first-order chi connectivity index (χ1) is 8.99. The van der Waals surface area contributed by atoms with Crippen molar-refractivity contribution in [2.45, 2.75) is 30.8 Å². The van der Waals surface area contributed by atoms with Crippen molar-refractivity contribution < 1.29 is 13.2 Å². The van der Waals surface area contributed by atoms with E-state index in [9.17, 15) is 13.2 Å². The van der Waals surface area contributed by atoms with Crippen LogP contribution in [0.25, 0.3) is 0 Å². The Labute approximate surface area is 110 Å². The molecule has 1 N–H and O–H groups in total. The van der Waals surface area contributed by atoms with Gasteiger partial charge >= 0.3 is 6.18 Å². The molecule has 0 amide bonds. The average Bonchev–Trinajstić information content (AvgIpc) is 2.92. The molecule has 0 fully saturated rings. The van der Waals surface area contributed by atoms with Crippen molar-refractivity contribution in [2.24, 2.45) is 0 Å². The van der Waals surface area contributed by atoms with Gasteiger partial charge in [0.15, 0.2) is 0 Å². The third-order valence-corrected chi connectivity index (χ3v) is 3.39. The summed E-state index contributed by atoms with van der Waals surface area (Å²) in [5.74, 6) is 0. The Morgan fingerprint density at radius 2 is 2.16 bits per heavy atom. The van der Waals surface area contributed by atoms with Gasteiger partial charge in [-0.3, -0.25) is 4.68 Å². The monoisotopic (exact) mass is 289 g/mol. The topological polar surface area (TPSA) is 47.7 Å². The summed E-state index contributed by atoms with van der Waals surface area (Å²) < 4.78 is 39.1. The molecule has 19 heavy (non-hydrogen) atoms. The average molecular weight is 289 g/mol. The van der Waals surface area contributed by atoms with E-state index in [4.69, 9.17) is 0 Å². The van der Waals surface area contributed by atoms with E-state index in [1.54, 1.807) is 10.2 Å². The van der Waals surface area contributed by atoms with E-state index < -0.39 is 12.7 Å². The minimum absolute atomic E-state index is 0.485. The van der Waals surface area contributed by atoms with Gasteiger partial charge in [0, 0.05) is 43.0 Å². The highest BCUT2D eigenvalue weighted by Gasteiger charge is 2.28. The molecule has 2 aromatic rings. The Kier molecular flexibility index (Phi) is 3.02. The van der Waals surface area contributed by atoms with E-state index in [1.165, 1.54) is 18.1 Å². The summed E-state index contributed by atoms with van der Waals surface area (Å²) in [7, 11) is 0. The minimum Gasteiger partial charge on any atom is -0.307 e. The van der Waals surface area contributed by atoms with E-state index in [2.05, 4.69) is 15.5 Å². The fourth-order valence-electron chi connectivity index (χ4n) is 1.84. The van der Waals surface area contributed by atoms with Gasteiger partial charge in [0.05, 0.1) is 5.69 Å². The lowest BCUT2D eigenvalue weighted by Gasteiger charge is -2.05.